The Morgan fingerprint density at radius 2 is 1.79 bits per heavy atom. The van der Waals surface area contributed by atoms with E-state index in [1.807, 2.05) is 6.07 Å². The van der Waals surface area contributed by atoms with Gasteiger partial charge >= 0.3 is 0 Å². The van der Waals surface area contributed by atoms with Gasteiger partial charge in [-0.15, -0.1) is 12.4 Å². The largest absolute Gasteiger partial charge is 0.368 e. The van der Waals surface area contributed by atoms with Crippen LogP contribution in [-0.2, 0) is 0 Å². The minimum Gasteiger partial charge on any atom is -0.368 e. The Balaban J connectivity index is 0.00000208. The molecule has 1 aromatic heterocycles. The van der Waals surface area contributed by atoms with Crippen LogP contribution in [0.5, 0.6) is 0 Å². The SMILES string of the molecule is Cl.O=C(Nc1ccc(N2CCNCC2)cn1)c1c(Cl)cccc1Cl. The molecule has 1 aromatic carbocycles. The molecule has 0 spiro atoms. The van der Waals surface area contributed by atoms with Crippen LogP contribution in [0.3, 0.4) is 0 Å². The normalized spacial score (nSPS) is 14.0. The summed E-state index contributed by atoms with van der Waals surface area (Å²) in [5.41, 5.74) is 1.30. The van der Waals surface area contributed by atoms with Crippen LogP contribution in [0.2, 0.25) is 10.0 Å². The molecule has 0 atom stereocenters. The first-order chi connectivity index (χ1) is 11.1. The van der Waals surface area contributed by atoms with Crippen molar-refractivity contribution < 1.29 is 4.79 Å². The van der Waals surface area contributed by atoms with Crippen LogP contribution in [-0.4, -0.2) is 37.1 Å². The van der Waals surface area contributed by atoms with Crippen molar-refractivity contribution in [3.8, 4) is 0 Å². The lowest BCUT2D eigenvalue weighted by atomic mass is 10.2. The number of pyridine rings is 1. The van der Waals surface area contributed by atoms with E-state index in [1.54, 1.807) is 30.5 Å². The Kier molecular flexibility index (Phi) is 6.69. The maximum Gasteiger partial charge on any atom is 0.259 e. The molecule has 0 unspecified atom stereocenters. The van der Waals surface area contributed by atoms with Gasteiger partial charge in [0.25, 0.3) is 5.91 Å². The van der Waals surface area contributed by atoms with E-state index in [0.29, 0.717) is 15.9 Å². The molecule has 24 heavy (non-hydrogen) atoms. The third-order valence-electron chi connectivity index (χ3n) is 3.66. The summed E-state index contributed by atoms with van der Waals surface area (Å²) in [6, 6.07) is 8.68. The first kappa shape index (κ1) is 18.8. The van der Waals surface area contributed by atoms with Crippen LogP contribution in [0.15, 0.2) is 36.5 Å². The summed E-state index contributed by atoms with van der Waals surface area (Å²) in [6.45, 7) is 3.82. The van der Waals surface area contributed by atoms with Gasteiger partial charge in [0.05, 0.1) is 27.5 Å². The molecule has 0 radical (unpaired) electrons. The summed E-state index contributed by atoms with van der Waals surface area (Å²) in [4.78, 5) is 18.9. The van der Waals surface area contributed by atoms with Gasteiger partial charge in [0.2, 0.25) is 0 Å². The predicted molar refractivity (Wildman–Crippen MR) is 101 cm³/mol. The smallest absolute Gasteiger partial charge is 0.259 e. The topological polar surface area (TPSA) is 57.3 Å². The highest BCUT2D eigenvalue weighted by Gasteiger charge is 2.15. The molecule has 2 N–H and O–H groups in total. The van der Waals surface area contributed by atoms with Gasteiger partial charge in [-0.25, -0.2) is 4.98 Å². The van der Waals surface area contributed by atoms with Crippen LogP contribution in [0.25, 0.3) is 0 Å². The standard InChI is InChI=1S/C16H16Cl2N4O.ClH/c17-12-2-1-3-13(18)15(12)16(23)21-14-5-4-11(10-20-14)22-8-6-19-7-9-22;/h1-5,10,19H,6-9H2,(H,20,21,23);1H. The number of nitrogens with one attached hydrogen (secondary N) is 2. The molecule has 1 fully saturated rings. The van der Waals surface area contributed by atoms with E-state index in [2.05, 4.69) is 20.5 Å². The van der Waals surface area contributed by atoms with E-state index in [4.69, 9.17) is 23.2 Å². The van der Waals surface area contributed by atoms with Crippen molar-refractivity contribution >= 4 is 53.0 Å². The van der Waals surface area contributed by atoms with Crippen molar-refractivity contribution in [1.29, 1.82) is 0 Å². The monoisotopic (exact) mass is 386 g/mol. The Hall–Kier alpha value is -1.53. The lowest BCUT2D eigenvalue weighted by Gasteiger charge is -2.29. The molecule has 5 nitrogen and oxygen atoms in total. The van der Waals surface area contributed by atoms with E-state index in [9.17, 15) is 4.79 Å². The molecule has 1 amide bonds. The summed E-state index contributed by atoms with van der Waals surface area (Å²) >= 11 is 12.1. The molecule has 1 aliphatic rings. The first-order valence-electron chi connectivity index (χ1n) is 7.32. The van der Waals surface area contributed by atoms with E-state index in [0.717, 1.165) is 31.9 Å². The second kappa shape index (κ2) is 8.53. The zero-order valence-electron chi connectivity index (χ0n) is 12.8. The summed E-state index contributed by atoms with van der Waals surface area (Å²) in [5, 5.41) is 6.65. The highest BCUT2D eigenvalue weighted by atomic mass is 35.5. The Labute approximate surface area is 156 Å². The number of hydrogen-bond acceptors (Lipinski definition) is 4. The van der Waals surface area contributed by atoms with Crippen LogP contribution < -0.4 is 15.5 Å². The van der Waals surface area contributed by atoms with E-state index >= 15 is 0 Å². The summed E-state index contributed by atoms with van der Waals surface area (Å²) in [7, 11) is 0. The number of carbonyl (C=O) groups excluding carboxylic acids is 1. The van der Waals surface area contributed by atoms with Crippen molar-refractivity contribution in [1.82, 2.24) is 10.3 Å². The Morgan fingerprint density at radius 1 is 1.12 bits per heavy atom. The fraction of sp³-hybridized carbons (Fsp3) is 0.250. The number of hydrogen-bond donors (Lipinski definition) is 2. The van der Waals surface area contributed by atoms with Crippen molar-refractivity contribution in [2.24, 2.45) is 0 Å². The van der Waals surface area contributed by atoms with E-state index in [1.165, 1.54) is 0 Å². The molecular formula is C16H17Cl3N4O. The third kappa shape index (κ3) is 4.30. The van der Waals surface area contributed by atoms with Crippen molar-refractivity contribution in [3.05, 3.63) is 52.1 Å². The van der Waals surface area contributed by atoms with Gasteiger partial charge in [-0.1, -0.05) is 29.3 Å². The average Bonchev–Trinajstić information content (AvgIpc) is 2.56. The molecule has 1 aliphatic heterocycles. The molecule has 2 aromatic rings. The summed E-state index contributed by atoms with van der Waals surface area (Å²) in [6.07, 6.45) is 1.76. The van der Waals surface area contributed by atoms with Gasteiger partial charge in [0.15, 0.2) is 0 Å². The van der Waals surface area contributed by atoms with Gasteiger partial charge in [-0.2, -0.15) is 0 Å². The molecule has 8 heteroatoms. The molecule has 0 aliphatic carbocycles. The zero-order chi connectivity index (χ0) is 16.2. The fourth-order valence-corrected chi connectivity index (χ4v) is 3.03. The van der Waals surface area contributed by atoms with Crippen LogP contribution in [0.4, 0.5) is 11.5 Å². The maximum atomic E-state index is 12.3. The number of amides is 1. The van der Waals surface area contributed by atoms with Gasteiger partial charge in [-0.05, 0) is 24.3 Å². The molecule has 3 rings (SSSR count). The Morgan fingerprint density at radius 3 is 2.38 bits per heavy atom. The lowest BCUT2D eigenvalue weighted by Crippen LogP contribution is -2.43. The average molecular weight is 388 g/mol. The molecular weight excluding hydrogens is 371 g/mol. The van der Waals surface area contributed by atoms with E-state index < -0.39 is 0 Å². The number of piperazine rings is 1. The maximum absolute atomic E-state index is 12.3. The highest BCUT2D eigenvalue weighted by Crippen LogP contribution is 2.25. The van der Waals surface area contributed by atoms with Gasteiger partial charge < -0.3 is 15.5 Å². The summed E-state index contributed by atoms with van der Waals surface area (Å²) < 4.78 is 0. The van der Waals surface area contributed by atoms with E-state index in [-0.39, 0.29) is 23.9 Å². The van der Waals surface area contributed by atoms with Crippen LogP contribution >= 0.6 is 35.6 Å². The van der Waals surface area contributed by atoms with Crippen molar-refractivity contribution in [2.45, 2.75) is 0 Å². The van der Waals surface area contributed by atoms with Crippen molar-refractivity contribution in [2.75, 3.05) is 36.4 Å². The number of rotatable bonds is 3. The number of halogens is 3. The molecule has 128 valence electrons. The molecule has 0 bridgehead atoms. The first-order valence-corrected chi connectivity index (χ1v) is 8.08. The number of aromatic nitrogens is 1. The quantitative estimate of drug-likeness (QED) is 0.846. The number of benzene rings is 1. The third-order valence-corrected chi connectivity index (χ3v) is 4.29. The number of anilines is 2. The number of carbonyl (C=O) groups is 1. The lowest BCUT2D eigenvalue weighted by molar-refractivity contribution is 0.102. The molecule has 0 saturated carbocycles. The van der Waals surface area contributed by atoms with Gasteiger partial charge in [-0.3, -0.25) is 4.79 Å². The number of nitrogens with zero attached hydrogens (tertiary/aromatic N) is 2. The molecule has 2 heterocycles. The van der Waals surface area contributed by atoms with Gasteiger partial charge in [0, 0.05) is 26.2 Å². The predicted octanol–water partition coefficient (Wildman–Crippen LogP) is 3.47. The fourth-order valence-electron chi connectivity index (χ4n) is 2.46. The van der Waals surface area contributed by atoms with Crippen LogP contribution in [0, 0.1) is 0 Å². The second-order valence-electron chi connectivity index (χ2n) is 5.19. The second-order valence-corrected chi connectivity index (χ2v) is 6.00. The highest BCUT2D eigenvalue weighted by molar-refractivity contribution is 6.40. The molecule has 1 saturated heterocycles. The van der Waals surface area contributed by atoms with Crippen molar-refractivity contribution in [3.63, 3.8) is 0 Å². The Bertz CT molecular complexity index is 683. The van der Waals surface area contributed by atoms with Gasteiger partial charge in [0.1, 0.15) is 5.82 Å². The summed E-state index contributed by atoms with van der Waals surface area (Å²) in [5.74, 6) is 0.0906. The minimum atomic E-state index is -0.372. The van der Waals surface area contributed by atoms with Crippen LogP contribution in [0.1, 0.15) is 10.4 Å². The minimum absolute atomic E-state index is 0. The zero-order valence-corrected chi connectivity index (χ0v) is 15.1.